The standard InChI is InChI=1S/C16H9ClF4N4O2/c17-14-11(13-12(18)7-23-25-13)5-8(6-22-14)15(26)24-9-1-3-10(4-2-9)27-16(19,20)21/h1-7H,(H,23,25)(H,24,26). The molecule has 2 heterocycles. The largest absolute Gasteiger partial charge is 0.573 e. The zero-order valence-electron chi connectivity index (χ0n) is 13.1. The molecule has 27 heavy (non-hydrogen) atoms. The van der Waals surface area contributed by atoms with Crippen LogP contribution in [0.15, 0.2) is 42.7 Å². The van der Waals surface area contributed by atoms with Crippen molar-refractivity contribution in [3.63, 3.8) is 0 Å². The van der Waals surface area contributed by atoms with Crippen LogP contribution in [0.2, 0.25) is 5.15 Å². The molecule has 0 spiro atoms. The topological polar surface area (TPSA) is 79.9 Å². The molecule has 3 aromatic rings. The highest BCUT2D eigenvalue weighted by Crippen LogP contribution is 2.28. The van der Waals surface area contributed by atoms with Crippen molar-refractivity contribution in [1.82, 2.24) is 15.2 Å². The number of nitrogens with one attached hydrogen (secondary N) is 2. The van der Waals surface area contributed by atoms with Crippen LogP contribution in [-0.2, 0) is 0 Å². The van der Waals surface area contributed by atoms with Gasteiger partial charge in [-0.2, -0.15) is 5.10 Å². The summed E-state index contributed by atoms with van der Waals surface area (Å²) in [4.78, 5) is 16.2. The normalized spacial score (nSPS) is 11.3. The molecular formula is C16H9ClF4N4O2. The van der Waals surface area contributed by atoms with Crippen LogP contribution in [0.25, 0.3) is 11.3 Å². The molecule has 0 aliphatic carbocycles. The number of aromatic amines is 1. The van der Waals surface area contributed by atoms with Gasteiger partial charge < -0.3 is 10.1 Å². The maximum Gasteiger partial charge on any atom is 0.573 e. The minimum Gasteiger partial charge on any atom is -0.406 e. The number of pyridine rings is 1. The number of hydrogen-bond donors (Lipinski definition) is 2. The molecule has 0 bridgehead atoms. The molecule has 1 amide bonds. The van der Waals surface area contributed by atoms with Gasteiger partial charge in [0.25, 0.3) is 5.91 Å². The van der Waals surface area contributed by atoms with E-state index in [4.69, 9.17) is 11.6 Å². The van der Waals surface area contributed by atoms with E-state index in [-0.39, 0.29) is 27.7 Å². The molecule has 6 nitrogen and oxygen atoms in total. The highest BCUT2D eigenvalue weighted by atomic mass is 35.5. The first-order valence-electron chi connectivity index (χ1n) is 7.25. The summed E-state index contributed by atoms with van der Waals surface area (Å²) >= 11 is 5.93. The average Bonchev–Trinajstić information content (AvgIpc) is 3.01. The van der Waals surface area contributed by atoms with Gasteiger partial charge >= 0.3 is 6.36 Å². The Bertz CT molecular complexity index is 973. The molecule has 2 aromatic heterocycles. The number of alkyl halides is 3. The van der Waals surface area contributed by atoms with Crippen LogP contribution >= 0.6 is 11.6 Å². The molecule has 0 aliphatic rings. The molecule has 0 radical (unpaired) electrons. The van der Waals surface area contributed by atoms with Gasteiger partial charge in [-0.1, -0.05) is 11.6 Å². The van der Waals surface area contributed by atoms with E-state index in [9.17, 15) is 22.4 Å². The van der Waals surface area contributed by atoms with Crippen molar-refractivity contribution < 1.29 is 27.1 Å². The van der Waals surface area contributed by atoms with Crippen LogP contribution in [0.3, 0.4) is 0 Å². The van der Waals surface area contributed by atoms with Gasteiger partial charge in [0.05, 0.1) is 11.8 Å². The second-order valence-electron chi connectivity index (χ2n) is 5.18. The van der Waals surface area contributed by atoms with E-state index in [1.165, 1.54) is 24.4 Å². The molecular weight excluding hydrogens is 392 g/mol. The van der Waals surface area contributed by atoms with Crippen molar-refractivity contribution in [2.24, 2.45) is 0 Å². The highest BCUT2D eigenvalue weighted by Gasteiger charge is 2.31. The minimum atomic E-state index is -4.81. The Morgan fingerprint density at radius 2 is 1.89 bits per heavy atom. The molecule has 0 fully saturated rings. The monoisotopic (exact) mass is 400 g/mol. The molecule has 0 aliphatic heterocycles. The van der Waals surface area contributed by atoms with E-state index in [2.05, 4.69) is 25.2 Å². The Morgan fingerprint density at radius 1 is 1.19 bits per heavy atom. The maximum atomic E-state index is 13.7. The summed E-state index contributed by atoms with van der Waals surface area (Å²) in [5, 5.41) is 8.39. The van der Waals surface area contributed by atoms with Gasteiger partial charge in [-0.05, 0) is 30.3 Å². The lowest BCUT2D eigenvalue weighted by atomic mass is 10.1. The fourth-order valence-corrected chi connectivity index (χ4v) is 2.35. The highest BCUT2D eigenvalue weighted by molar-refractivity contribution is 6.32. The quantitative estimate of drug-likeness (QED) is 0.502. The van der Waals surface area contributed by atoms with Gasteiger partial charge in [-0.15, -0.1) is 13.2 Å². The number of carbonyl (C=O) groups excluding carboxylic acids is 1. The Morgan fingerprint density at radius 3 is 2.48 bits per heavy atom. The SMILES string of the molecule is O=C(Nc1ccc(OC(F)(F)F)cc1)c1cnc(Cl)c(-c2[nH]ncc2F)c1. The first-order chi connectivity index (χ1) is 12.7. The van der Waals surface area contributed by atoms with E-state index < -0.39 is 23.8 Å². The third-order valence-corrected chi connectivity index (χ3v) is 3.61. The summed E-state index contributed by atoms with van der Waals surface area (Å²) in [7, 11) is 0. The summed E-state index contributed by atoms with van der Waals surface area (Å²) < 4.78 is 53.9. The third-order valence-electron chi connectivity index (χ3n) is 3.31. The molecule has 0 unspecified atom stereocenters. The van der Waals surface area contributed by atoms with Gasteiger partial charge in [0.1, 0.15) is 16.6 Å². The maximum absolute atomic E-state index is 13.7. The second kappa shape index (κ2) is 7.23. The van der Waals surface area contributed by atoms with E-state index >= 15 is 0 Å². The first-order valence-corrected chi connectivity index (χ1v) is 7.62. The van der Waals surface area contributed by atoms with E-state index in [1.54, 1.807) is 0 Å². The van der Waals surface area contributed by atoms with Crippen molar-refractivity contribution in [3.05, 3.63) is 59.3 Å². The lowest BCUT2D eigenvalue weighted by Gasteiger charge is -2.10. The number of benzene rings is 1. The summed E-state index contributed by atoms with van der Waals surface area (Å²) in [5.74, 6) is -1.72. The number of aromatic nitrogens is 3. The Kier molecular flexibility index (Phi) is 5.00. The van der Waals surface area contributed by atoms with E-state index in [1.807, 2.05) is 0 Å². The number of anilines is 1. The number of ether oxygens (including phenoxy) is 1. The lowest BCUT2D eigenvalue weighted by molar-refractivity contribution is -0.274. The fourth-order valence-electron chi connectivity index (χ4n) is 2.15. The molecule has 11 heteroatoms. The molecule has 0 saturated carbocycles. The van der Waals surface area contributed by atoms with Crippen molar-refractivity contribution >= 4 is 23.2 Å². The van der Waals surface area contributed by atoms with Gasteiger partial charge in [0, 0.05) is 17.4 Å². The third kappa shape index (κ3) is 4.53. The van der Waals surface area contributed by atoms with Crippen LogP contribution in [-0.4, -0.2) is 27.5 Å². The van der Waals surface area contributed by atoms with Crippen LogP contribution in [0.5, 0.6) is 5.75 Å². The molecule has 140 valence electrons. The summed E-state index contributed by atoms with van der Waals surface area (Å²) in [6.07, 6.45) is -2.68. The predicted octanol–water partition coefficient (Wildman–Crippen LogP) is 4.42. The molecule has 1 aromatic carbocycles. The van der Waals surface area contributed by atoms with Crippen LogP contribution < -0.4 is 10.1 Å². The predicted molar refractivity (Wildman–Crippen MR) is 87.9 cm³/mol. The number of rotatable bonds is 4. The van der Waals surface area contributed by atoms with Crippen LogP contribution in [0.4, 0.5) is 23.2 Å². The smallest absolute Gasteiger partial charge is 0.406 e. The van der Waals surface area contributed by atoms with E-state index in [0.717, 1.165) is 18.3 Å². The van der Waals surface area contributed by atoms with Gasteiger partial charge in [-0.25, -0.2) is 9.37 Å². The lowest BCUT2D eigenvalue weighted by Crippen LogP contribution is -2.17. The average molecular weight is 401 g/mol. The first kappa shape index (κ1) is 18.6. The molecule has 2 N–H and O–H groups in total. The number of halogens is 5. The number of carbonyl (C=O) groups is 1. The Balaban J connectivity index is 1.78. The summed E-state index contributed by atoms with van der Waals surface area (Å²) in [6, 6.07) is 5.88. The fraction of sp³-hybridized carbons (Fsp3) is 0.0625. The molecule has 0 atom stereocenters. The Labute approximate surface area is 154 Å². The van der Waals surface area contributed by atoms with Crippen molar-refractivity contribution in [2.75, 3.05) is 5.32 Å². The summed E-state index contributed by atoms with van der Waals surface area (Å²) in [6.45, 7) is 0. The Hall–Kier alpha value is -3.14. The zero-order chi connectivity index (χ0) is 19.6. The second-order valence-corrected chi connectivity index (χ2v) is 5.54. The van der Waals surface area contributed by atoms with Crippen LogP contribution in [0, 0.1) is 5.82 Å². The van der Waals surface area contributed by atoms with Crippen molar-refractivity contribution in [3.8, 4) is 17.0 Å². The zero-order valence-corrected chi connectivity index (χ0v) is 13.9. The van der Waals surface area contributed by atoms with Gasteiger partial charge in [0.15, 0.2) is 5.82 Å². The van der Waals surface area contributed by atoms with Gasteiger partial charge in [-0.3, -0.25) is 9.89 Å². The molecule has 3 rings (SSSR count). The number of nitrogens with zero attached hydrogens (tertiary/aromatic N) is 2. The van der Waals surface area contributed by atoms with E-state index in [0.29, 0.717) is 0 Å². The van der Waals surface area contributed by atoms with Crippen molar-refractivity contribution in [2.45, 2.75) is 6.36 Å². The molecule has 0 saturated heterocycles. The summed E-state index contributed by atoms with van der Waals surface area (Å²) in [5.41, 5.74) is 0.377. The number of hydrogen-bond acceptors (Lipinski definition) is 4. The van der Waals surface area contributed by atoms with Crippen molar-refractivity contribution in [1.29, 1.82) is 0 Å². The number of amides is 1. The minimum absolute atomic E-state index is 0.0317. The van der Waals surface area contributed by atoms with Crippen LogP contribution in [0.1, 0.15) is 10.4 Å². The van der Waals surface area contributed by atoms with Gasteiger partial charge in [0.2, 0.25) is 0 Å². The number of H-pyrrole nitrogens is 1.